The summed E-state index contributed by atoms with van der Waals surface area (Å²) < 4.78 is 56.8. The van der Waals surface area contributed by atoms with Crippen molar-refractivity contribution in [2.45, 2.75) is 44.1 Å². The molecule has 1 spiro atoms. The normalized spacial score (nSPS) is 24.8. The molecule has 4 aliphatic heterocycles. The summed E-state index contributed by atoms with van der Waals surface area (Å²) in [6.45, 7) is 10.7. The summed E-state index contributed by atoms with van der Waals surface area (Å²) in [5, 5.41) is 3.58. The Kier molecular flexibility index (Phi) is 8.08. The molecule has 4 aliphatic rings. The molecule has 246 valence electrons. The van der Waals surface area contributed by atoms with Crippen molar-refractivity contribution in [3.8, 4) is 0 Å². The summed E-state index contributed by atoms with van der Waals surface area (Å²) in [6.07, 6.45) is -3.47. The second-order valence-electron chi connectivity index (χ2n) is 12.7. The van der Waals surface area contributed by atoms with Crippen LogP contribution in [0, 0.1) is 18.7 Å². The van der Waals surface area contributed by atoms with Gasteiger partial charge in [-0.2, -0.15) is 13.2 Å². The molecule has 5 heterocycles. The number of halogens is 4. The molecule has 1 aromatic heterocycles. The Hall–Kier alpha value is -4.04. The quantitative estimate of drug-likeness (QED) is 0.396. The molecule has 46 heavy (non-hydrogen) atoms. The predicted octanol–water partition coefficient (Wildman–Crippen LogP) is 2.81. The highest BCUT2D eigenvalue weighted by atomic mass is 19.4. The van der Waals surface area contributed by atoms with Crippen molar-refractivity contribution in [2.75, 3.05) is 67.6 Å². The number of fused-ring (bicyclic) bond motifs is 2. The van der Waals surface area contributed by atoms with Crippen LogP contribution in [0.3, 0.4) is 0 Å². The number of carbonyl (C=O) groups is 3. The third-order valence-electron chi connectivity index (χ3n) is 9.94. The monoisotopic (exact) mass is 643 g/mol. The van der Waals surface area contributed by atoms with Crippen molar-refractivity contribution in [1.82, 2.24) is 20.1 Å². The number of likely N-dealkylation sites (tertiary alicyclic amines) is 1. The van der Waals surface area contributed by atoms with Crippen LogP contribution >= 0.6 is 0 Å². The standard InChI is InChI=1S/C32H37F4N7O3/c1-5-26(44)42-17-31(18-42)20(3)40(10-9-37-31)11-12-41-16-21-14-27(45)43(25-15-22(32(34,35)36)13-19(2)38-25)28(21)30(46)39(4)24-8-6-7-23(33)29(24)41/h5-8,13,15,20-21,28,37H,1,9-12,14,16-18H2,2-4H3/t20-,21-,28+/m1/s1. The molecule has 0 unspecified atom stereocenters. The van der Waals surface area contributed by atoms with E-state index in [0.717, 1.165) is 23.6 Å². The van der Waals surface area contributed by atoms with Crippen LogP contribution in [0.2, 0.25) is 0 Å². The van der Waals surface area contributed by atoms with E-state index in [1.54, 1.807) is 11.0 Å². The minimum Gasteiger partial charge on any atom is -0.366 e. The molecule has 2 aromatic rings. The van der Waals surface area contributed by atoms with Gasteiger partial charge in [-0.25, -0.2) is 9.37 Å². The van der Waals surface area contributed by atoms with E-state index in [4.69, 9.17) is 0 Å². The molecule has 3 saturated heterocycles. The lowest BCUT2D eigenvalue weighted by atomic mass is 9.80. The molecule has 0 bridgehead atoms. The minimum atomic E-state index is -4.67. The minimum absolute atomic E-state index is 0.0562. The molecule has 3 fully saturated rings. The SMILES string of the molecule is C=CC(=O)N1CC2(C1)NCCN(CCN1C[C@H]3CC(=O)N(c4cc(C(F)(F)F)cc(C)n4)[C@@H]3C(=O)N(C)c3cccc(F)c31)[C@@H]2C. The number of rotatable bonds is 5. The zero-order valence-electron chi connectivity index (χ0n) is 26.0. The van der Waals surface area contributed by atoms with Crippen molar-refractivity contribution in [2.24, 2.45) is 5.92 Å². The van der Waals surface area contributed by atoms with Gasteiger partial charge in [0.25, 0.3) is 0 Å². The van der Waals surface area contributed by atoms with E-state index in [9.17, 15) is 27.6 Å². The zero-order valence-corrected chi connectivity index (χ0v) is 26.0. The van der Waals surface area contributed by atoms with Gasteiger partial charge in [0.15, 0.2) is 0 Å². The number of hydrogen-bond acceptors (Lipinski definition) is 7. The van der Waals surface area contributed by atoms with Crippen LogP contribution in [0.4, 0.5) is 34.8 Å². The van der Waals surface area contributed by atoms with Crippen LogP contribution in [0.5, 0.6) is 0 Å². The van der Waals surface area contributed by atoms with Gasteiger partial charge in [-0.05, 0) is 44.2 Å². The molecule has 0 aliphatic carbocycles. The predicted molar refractivity (Wildman–Crippen MR) is 164 cm³/mol. The molecular weight excluding hydrogens is 606 g/mol. The number of hydrogen-bond donors (Lipinski definition) is 1. The number of amides is 3. The largest absolute Gasteiger partial charge is 0.416 e. The van der Waals surface area contributed by atoms with Crippen molar-refractivity contribution >= 4 is 34.9 Å². The number of alkyl halides is 3. The van der Waals surface area contributed by atoms with Crippen LogP contribution in [-0.2, 0) is 20.6 Å². The summed E-state index contributed by atoms with van der Waals surface area (Å²) in [7, 11) is 1.49. The molecule has 3 atom stereocenters. The maximum atomic E-state index is 15.6. The zero-order chi connectivity index (χ0) is 33.1. The smallest absolute Gasteiger partial charge is 0.366 e. The first-order chi connectivity index (χ1) is 21.7. The second kappa shape index (κ2) is 11.6. The topological polar surface area (TPSA) is 92.3 Å². The fraction of sp³-hybridized carbons (Fsp3) is 0.500. The van der Waals surface area contributed by atoms with Crippen LogP contribution < -0.4 is 20.0 Å². The Bertz CT molecular complexity index is 1580. The van der Waals surface area contributed by atoms with Gasteiger partial charge >= 0.3 is 6.18 Å². The molecule has 0 saturated carbocycles. The Morgan fingerprint density at radius 2 is 1.93 bits per heavy atom. The first kappa shape index (κ1) is 31.9. The number of nitrogens with zero attached hydrogens (tertiary/aromatic N) is 6. The molecule has 14 heteroatoms. The number of aromatic nitrogens is 1. The molecule has 6 rings (SSSR count). The molecular formula is C32H37F4N7O3. The lowest BCUT2D eigenvalue weighted by Gasteiger charge is -2.58. The average molecular weight is 644 g/mol. The highest BCUT2D eigenvalue weighted by molar-refractivity contribution is 6.10. The van der Waals surface area contributed by atoms with E-state index in [1.165, 1.54) is 37.1 Å². The maximum Gasteiger partial charge on any atom is 0.416 e. The summed E-state index contributed by atoms with van der Waals surface area (Å²) >= 11 is 0. The Labute approximate surface area is 264 Å². The Morgan fingerprint density at radius 1 is 1.20 bits per heavy atom. The number of para-hydroxylation sites is 1. The van der Waals surface area contributed by atoms with Crippen molar-refractivity contribution in [3.05, 3.63) is 60.1 Å². The van der Waals surface area contributed by atoms with E-state index >= 15 is 4.39 Å². The molecule has 1 N–H and O–H groups in total. The number of aryl methyl sites for hydroxylation is 1. The highest BCUT2D eigenvalue weighted by Gasteiger charge is 2.52. The number of nitrogens with one attached hydrogen (secondary N) is 1. The van der Waals surface area contributed by atoms with Gasteiger partial charge in [0.2, 0.25) is 17.7 Å². The van der Waals surface area contributed by atoms with Gasteiger partial charge in [0.05, 0.1) is 22.5 Å². The number of piperazine rings is 1. The van der Waals surface area contributed by atoms with Crippen LogP contribution in [0.15, 0.2) is 43.0 Å². The van der Waals surface area contributed by atoms with Crippen LogP contribution in [0.1, 0.15) is 24.6 Å². The highest BCUT2D eigenvalue weighted by Crippen LogP contribution is 2.41. The van der Waals surface area contributed by atoms with Gasteiger partial charge in [-0.3, -0.25) is 24.2 Å². The van der Waals surface area contributed by atoms with Gasteiger partial charge < -0.3 is 20.0 Å². The number of carbonyl (C=O) groups excluding carboxylic acids is 3. The van der Waals surface area contributed by atoms with Crippen LogP contribution in [-0.4, -0.2) is 103 Å². The van der Waals surface area contributed by atoms with Gasteiger partial charge in [-0.15, -0.1) is 0 Å². The van der Waals surface area contributed by atoms with Gasteiger partial charge in [0, 0.05) is 76.9 Å². The summed E-state index contributed by atoms with van der Waals surface area (Å²) in [6, 6.07) is 5.08. The third-order valence-corrected chi connectivity index (χ3v) is 9.94. The lowest BCUT2D eigenvalue weighted by molar-refractivity contribution is -0.139. The van der Waals surface area contributed by atoms with Crippen molar-refractivity contribution < 1.29 is 31.9 Å². The fourth-order valence-electron chi connectivity index (χ4n) is 7.46. The van der Waals surface area contributed by atoms with Crippen LogP contribution in [0.25, 0.3) is 0 Å². The Balaban J connectivity index is 1.30. The summed E-state index contributed by atoms with van der Waals surface area (Å²) in [4.78, 5) is 52.1. The van der Waals surface area contributed by atoms with Crippen molar-refractivity contribution in [1.29, 1.82) is 0 Å². The average Bonchev–Trinajstić information content (AvgIpc) is 3.31. The molecule has 3 amide bonds. The summed E-state index contributed by atoms with van der Waals surface area (Å²) in [5.74, 6) is -2.55. The van der Waals surface area contributed by atoms with Gasteiger partial charge in [-0.1, -0.05) is 12.6 Å². The van der Waals surface area contributed by atoms with Crippen molar-refractivity contribution in [3.63, 3.8) is 0 Å². The van der Waals surface area contributed by atoms with E-state index in [1.807, 2.05) is 4.90 Å². The van der Waals surface area contributed by atoms with Gasteiger partial charge in [0.1, 0.15) is 17.7 Å². The third kappa shape index (κ3) is 5.40. The van der Waals surface area contributed by atoms with E-state index in [2.05, 4.69) is 28.7 Å². The van der Waals surface area contributed by atoms with E-state index in [-0.39, 0.29) is 47.7 Å². The number of likely N-dealkylation sites (N-methyl/N-ethyl adjacent to an activating group) is 1. The lowest BCUT2D eigenvalue weighted by Crippen LogP contribution is -2.80. The first-order valence-electron chi connectivity index (χ1n) is 15.3. The maximum absolute atomic E-state index is 15.6. The number of benzene rings is 1. The molecule has 1 aromatic carbocycles. The summed E-state index contributed by atoms with van der Waals surface area (Å²) in [5.41, 5.74) is -0.632. The Morgan fingerprint density at radius 3 is 2.63 bits per heavy atom. The second-order valence-corrected chi connectivity index (χ2v) is 12.7. The molecule has 0 radical (unpaired) electrons. The van der Waals surface area contributed by atoms with E-state index < -0.39 is 41.3 Å². The van der Waals surface area contributed by atoms with E-state index in [0.29, 0.717) is 38.4 Å². The molecule has 10 nitrogen and oxygen atoms in total. The first-order valence-corrected chi connectivity index (χ1v) is 15.3. The number of pyridine rings is 1. The fourth-order valence-corrected chi connectivity index (χ4v) is 7.46. The number of anilines is 3.